The van der Waals surface area contributed by atoms with Gasteiger partial charge in [0.05, 0.1) is 7.11 Å². The zero-order valence-electron chi connectivity index (χ0n) is 8.03. The number of methoxy groups -OCH3 is 1. The third-order valence-corrected chi connectivity index (χ3v) is 1.40. The summed E-state index contributed by atoms with van der Waals surface area (Å²) in [6.45, 7) is 3.48. The predicted octanol–water partition coefficient (Wildman–Crippen LogP) is -0.00880. The molecule has 0 saturated carbocycles. The first kappa shape index (κ1) is 11.8. The second kappa shape index (κ2) is 4.74. The molecule has 0 aromatic carbocycles. The maximum Gasteiger partial charge on any atom is 0.331 e. The van der Waals surface area contributed by atoms with Crippen LogP contribution in [0.15, 0.2) is 4.99 Å². The maximum atomic E-state index is 11.0. The number of nitrogens with two attached hydrogens (primary N) is 1. The van der Waals surface area contributed by atoms with Crippen LogP contribution in [0.4, 0.5) is 0 Å². The number of isocyanates is 1. The van der Waals surface area contributed by atoms with Gasteiger partial charge >= 0.3 is 5.97 Å². The molecular formula is C8H14N2O3. The normalized spacial score (nSPS) is 12.9. The van der Waals surface area contributed by atoms with E-state index in [1.807, 2.05) is 0 Å². The number of aliphatic imine (C=N–C) groups is 1. The smallest absolute Gasteiger partial charge is 0.331 e. The molecule has 0 aliphatic carbocycles. The number of carbonyl (C=O) groups excluding carboxylic acids is 2. The molecule has 0 aliphatic heterocycles. The van der Waals surface area contributed by atoms with E-state index in [2.05, 4.69) is 9.73 Å². The van der Waals surface area contributed by atoms with Crippen LogP contribution in [0, 0.1) is 0 Å². The van der Waals surface area contributed by atoms with Crippen LogP contribution in [0.2, 0.25) is 0 Å². The SMILES string of the molecule is COC(=O)C(CC(C)(C)N)N=C=O. The monoisotopic (exact) mass is 186 g/mol. The van der Waals surface area contributed by atoms with Crippen LogP contribution in [0.3, 0.4) is 0 Å². The number of carbonyl (C=O) groups is 1. The van der Waals surface area contributed by atoms with Crippen LogP contribution in [0.25, 0.3) is 0 Å². The van der Waals surface area contributed by atoms with Crippen molar-refractivity contribution in [1.82, 2.24) is 0 Å². The van der Waals surface area contributed by atoms with Gasteiger partial charge in [-0.05, 0) is 20.3 Å². The molecule has 0 aromatic heterocycles. The van der Waals surface area contributed by atoms with Gasteiger partial charge in [-0.2, -0.15) is 4.99 Å². The van der Waals surface area contributed by atoms with Crippen LogP contribution in [0.1, 0.15) is 20.3 Å². The average molecular weight is 186 g/mol. The van der Waals surface area contributed by atoms with E-state index < -0.39 is 17.6 Å². The molecule has 0 fully saturated rings. The summed E-state index contributed by atoms with van der Waals surface area (Å²) in [5, 5.41) is 0. The molecule has 0 radical (unpaired) electrons. The third kappa shape index (κ3) is 5.11. The minimum Gasteiger partial charge on any atom is -0.467 e. The molecule has 0 heterocycles. The minimum absolute atomic E-state index is 0.259. The highest BCUT2D eigenvalue weighted by molar-refractivity contribution is 5.76. The molecule has 0 saturated heterocycles. The van der Waals surface area contributed by atoms with Crippen molar-refractivity contribution in [3.63, 3.8) is 0 Å². The number of rotatable bonds is 4. The fourth-order valence-corrected chi connectivity index (χ4v) is 0.880. The first-order valence-corrected chi connectivity index (χ1v) is 3.84. The minimum atomic E-state index is -0.845. The Hall–Kier alpha value is -1.19. The molecule has 0 aromatic rings. The first-order chi connectivity index (χ1) is 5.90. The number of nitrogens with zero attached hydrogens (tertiary/aromatic N) is 1. The lowest BCUT2D eigenvalue weighted by molar-refractivity contribution is -0.142. The van der Waals surface area contributed by atoms with Crippen LogP contribution >= 0.6 is 0 Å². The fourth-order valence-electron chi connectivity index (χ4n) is 0.880. The van der Waals surface area contributed by atoms with Gasteiger partial charge in [-0.15, -0.1) is 0 Å². The molecule has 0 bridgehead atoms. The third-order valence-electron chi connectivity index (χ3n) is 1.40. The van der Waals surface area contributed by atoms with Crippen molar-refractivity contribution in [2.45, 2.75) is 31.8 Å². The summed E-state index contributed by atoms with van der Waals surface area (Å²) in [7, 11) is 1.24. The number of hydrogen-bond acceptors (Lipinski definition) is 5. The van der Waals surface area contributed by atoms with Crippen LogP contribution < -0.4 is 5.73 Å². The van der Waals surface area contributed by atoms with Gasteiger partial charge in [0.2, 0.25) is 6.08 Å². The Kier molecular flexibility index (Phi) is 4.31. The Morgan fingerprint density at radius 2 is 2.23 bits per heavy atom. The summed E-state index contributed by atoms with van der Waals surface area (Å²) in [6, 6.07) is -0.845. The average Bonchev–Trinajstić information content (AvgIpc) is 2.00. The summed E-state index contributed by atoms with van der Waals surface area (Å²) >= 11 is 0. The number of ether oxygens (including phenoxy) is 1. The summed E-state index contributed by atoms with van der Waals surface area (Å²) in [6.07, 6.45) is 1.58. The molecule has 1 atom stereocenters. The largest absolute Gasteiger partial charge is 0.467 e. The van der Waals surface area contributed by atoms with Gasteiger partial charge in [0, 0.05) is 5.54 Å². The van der Waals surface area contributed by atoms with Gasteiger partial charge in [-0.3, -0.25) is 0 Å². The maximum absolute atomic E-state index is 11.0. The van der Waals surface area contributed by atoms with E-state index in [-0.39, 0.29) is 6.42 Å². The molecule has 13 heavy (non-hydrogen) atoms. The summed E-state index contributed by atoms with van der Waals surface area (Å²) < 4.78 is 4.44. The van der Waals surface area contributed by atoms with Crippen LogP contribution in [0.5, 0.6) is 0 Å². The Morgan fingerprint density at radius 3 is 2.54 bits per heavy atom. The molecule has 1 unspecified atom stereocenters. The summed E-state index contributed by atoms with van der Waals surface area (Å²) in [4.78, 5) is 24.3. The lowest BCUT2D eigenvalue weighted by Crippen LogP contribution is -2.38. The van der Waals surface area contributed by atoms with Crippen molar-refractivity contribution in [3.8, 4) is 0 Å². The van der Waals surface area contributed by atoms with E-state index in [0.29, 0.717) is 0 Å². The lowest BCUT2D eigenvalue weighted by Gasteiger charge is -2.20. The van der Waals surface area contributed by atoms with Crippen molar-refractivity contribution in [2.75, 3.05) is 7.11 Å². The summed E-state index contributed by atoms with van der Waals surface area (Å²) in [5.74, 6) is -0.568. The van der Waals surface area contributed by atoms with Crippen molar-refractivity contribution in [3.05, 3.63) is 0 Å². The number of esters is 1. The fraction of sp³-hybridized carbons (Fsp3) is 0.750. The molecule has 2 N–H and O–H groups in total. The Balaban J connectivity index is 4.44. The second-order valence-corrected chi connectivity index (χ2v) is 3.45. The predicted molar refractivity (Wildman–Crippen MR) is 46.8 cm³/mol. The Morgan fingerprint density at radius 1 is 1.69 bits per heavy atom. The lowest BCUT2D eigenvalue weighted by atomic mass is 9.97. The summed E-state index contributed by atoms with van der Waals surface area (Å²) in [5.41, 5.74) is 5.09. The van der Waals surface area contributed by atoms with Gasteiger partial charge < -0.3 is 10.5 Å². The topological polar surface area (TPSA) is 81.8 Å². The zero-order valence-corrected chi connectivity index (χ0v) is 8.03. The first-order valence-electron chi connectivity index (χ1n) is 3.84. The highest BCUT2D eigenvalue weighted by Gasteiger charge is 2.25. The van der Waals surface area contributed by atoms with Gasteiger partial charge in [-0.25, -0.2) is 9.59 Å². The highest BCUT2D eigenvalue weighted by Crippen LogP contribution is 2.11. The molecular weight excluding hydrogens is 172 g/mol. The quantitative estimate of drug-likeness (QED) is 0.380. The zero-order chi connectivity index (χ0) is 10.5. The standard InChI is InChI=1S/C8H14N2O3/c1-8(2,9)4-6(10-5-11)7(12)13-3/h6H,4,9H2,1-3H3. The highest BCUT2D eigenvalue weighted by atomic mass is 16.5. The van der Waals surface area contributed by atoms with Crippen LogP contribution in [-0.2, 0) is 14.3 Å². The molecule has 0 amide bonds. The van der Waals surface area contributed by atoms with E-state index in [9.17, 15) is 9.59 Å². The molecule has 0 aliphatic rings. The molecule has 5 nitrogen and oxygen atoms in total. The van der Waals surface area contributed by atoms with Gasteiger partial charge in [0.25, 0.3) is 0 Å². The van der Waals surface area contributed by atoms with Gasteiger partial charge in [0.1, 0.15) is 0 Å². The van der Waals surface area contributed by atoms with Crippen molar-refractivity contribution >= 4 is 12.0 Å². The van der Waals surface area contributed by atoms with E-state index in [4.69, 9.17) is 5.73 Å². The number of hydrogen-bond donors (Lipinski definition) is 1. The van der Waals surface area contributed by atoms with Crippen molar-refractivity contribution in [2.24, 2.45) is 10.7 Å². The van der Waals surface area contributed by atoms with Gasteiger partial charge in [-0.1, -0.05) is 0 Å². The van der Waals surface area contributed by atoms with Crippen molar-refractivity contribution in [1.29, 1.82) is 0 Å². The van der Waals surface area contributed by atoms with E-state index >= 15 is 0 Å². The Labute approximate surface area is 77.0 Å². The van der Waals surface area contributed by atoms with Crippen molar-refractivity contribution < 1.29 is 14.3 Å². The van der Waals surface area contributed by atoms with E-state index in [1.54, 1.807) is 13.8 Å². The molecule has 0 spiro atoms. The van der Waals surface area contributed by atoms with E-state index in [1.165, 1.54) is 13.2 Å². The molecule has 5 heteroatoms. The van der Waals surface area contributed by atoms with E-state index in [0.717, 1.165) is 0 Å². The molecule has 0 rings (SSSR count). The van der Waals surface area contributed by atoms with Crippen LogP contribution in [-0.4, -0.2) is 30.7 Å². The Bertz CT molecular complexity index is 226. The van der Waals surface area contributed by atoms with Gasteiger partial charge in [0.15, 0.2) is 6.04 Å². The second-order valence-electron chi connectivity index (χ2n) is 3.45. The molecule has 74 valence electrons.